The number of aliphatic imine (C=N–C) groups is 1. The molecule has 0 saturated heterocycles. The molecule has 0 aromatic rings. The van der Waals surface area contributed by atoms with Crippen LogP contribution in [0.15, 0.2) is 4.99 Å². The third-order valence-corrected chi connectivity index (χ3v) is 2.34. The molecule has 0 unspecified atom stereocenters. The Bertz CT molecular complexity index is 164. The third kappa shape index (κ3) is 3.38. The van der Waals surface area contributed by atoms with Gasteiger partial charge in [-0.05, 0) is 52.4 Å². The fourth-order valence-electron chi connectivity index (χ4n) is 1.68. The maximum absolute atomic E-state index is 4.72. The molecule has 0 aliphatic heterocycles. The van der Waals surface area contributed by atoms with E-state index in [4.69, 9.17) is 4.99 Å². The van der Waals surface area contributed by atoms with Crippen LogP contribution in [0.2, 0.25) is 0 Å². The summed E-state index contributed by atoms with van der Waals surface area (Å²) in [6.45, 7) is 8.88. The molecule has 1 aliphatic carbocycles. The topological polar surface area (TPSA) is 12.4 Å². The van der Waals surface area contributed by atoms with Crippen molar-refractivity contribution in [3.05, 3.63) is 0 Å². The average molecular weight is 167 g/mol. The van der Waals surface area contributed by atoms with Crippen molar-refractivity contribution in [2.75, 3.05) is 0 Å². The molecule has 70 valence electrons. The Kier molecular flexibility index (Phi) is 2.92. The van der Waals surface area contributed by atoms with Crippen molar-refractivity contribution in [2.24, 2.45) is 10.9 Å². The molecule has 12 heavy (non-hydrogen) atoms. The van der Waals surface area contributed by atoms with Crippen molar-refractivity contribution >= 4 is 5.71 Å². The second kappa shape index (κ2) is 3.59. The van der Waals surface area contributed by atoms with Crippen LogP contribution >= 0.6 is 0 Å². The van der Waals surface area contributed by atoms with Gasteiger partial charge < -0.3 is 0 Å². The van der Waals surface area contributed by atoms with Crippen LogP contribution in [0.3, 0.4) is 0 Å². The van der Waals surface area contributed by atoms with E-state index in [1.54, 1.807) is 0 Å². The van der Waals surface area contributed by atoms with Crippen molar-refractivity contribution in [1.29, 1.82) is 0 Å². The Morgan fingerprint density at radius 1 is 1.17 bits per heavy atom. The maximum atomic E-state index is 4.72. The van der Waals surface area contributed by atoms with Crippen molar-refractivity contribution in [3.8, 4) is 0 Å². The molecule has 0 N–H and O–H groups in total. The Hall–Kier alpha value is -0.330. The summed E-state index contributed by atoms with van der Waals surface area (Å²) in [5, 5.41) is 0. The quantitative estimate of drug-likeness (QED) is 0.524. The number of hydrogen-bond acceptors (Lipinski definition) is 1. The molecule has 0 bridgehead atoms. The zero-order valence-electron chi connectivity index (χ0n) is 8.85. The van der Waals surface area contributed by atoms with Crippen molar-refractivity contribution in [1.82, 2.24) is 0 Å². The monoisotopic (exact) mass is 167 g/mol. The molecule has 1 rings (SSSR count). The van der Waals surface area contributed by atoms with Crippen molar-refractivity contribution in [2.45, 2.75) is 58.9 Å². The highest BCUT2D eigenvalue weighted by Gasteiger charge is 2.16. The normalized spacial score (nSPS) is 25.7. The minimum Gasteiger partial charge on any atom is -0.288 e. The van der Waals surface area contributed by atoms with Gasteiger partial charge in [0.2, 0.25) is 0 Å². The molecule has 0 amide bonds. The highest BCUT2D eigenvalue weighted by molar-refractivity contribution is 5.85. The molecule has 1 nitrogen and oxygen atoms in total. The molecule has 1 aliphatic rings. The van der Waals surface area contributed by atoms with E-state index in [1.807, 2.05) is 0 Å². The fraction of sp³-hybridized carbons (Fsp3) is 0.909. The predicted molar refractivity (Wildman–Crippen MR) is 54.8 cm³/mol. The van der Waals surface area contributed by atoms with Gasteiger partial charge in [-0.2, -0.15) is 0 Å². The summed E-state index contributed by atoms with van der Waals surface area (Å²) >= 11 is 0. The van der Waals surface area contributed by atoms with Gasteiger partial charge in [-0.3, -0.25) is 4.99 Å². The lowest BCUT2D eigenvalue weighted by Crippen LogP contribution is -2.18. The van der Waals surface area contributed by atoms with Crippen LogP contribution in [0.25, 0.3) is 0 Å². The van der Waals surface area contributed by atoms with E-state index >= 15 is 0 Å². The summed E-state index contributed by atoms with van der Waals surface area (Å²) in [6, 6.07) is 0. The third-order valence-electron chi connectivity index (χ3n) is 2.34. The summed E-state index contributed by atoms with van der Waals surface area (Å²) in [5.41, 5.74) is 1.58. The van der Waals surface area contributed by atoms with Crippen LogP contribution in [0, 0.1) is 5.92 Å². The molecule has 0 radical (unpaired) electrons. The number of rotatable bonds is 0. The highest BCUT2D eigenvalue weighted by Crippen LogP contribution is 2.23. The number of hydrogen-bond donors (Lipinski definition) is 0. The minimum atomic E-state index is 0.135. The van der Waals surface area contributed by atoms with Crippen LogP contribution < -0.4 is 0 Å². The van der Waals surface area contributed by atoms with Crippen LogP contribution in [0.5, 0.6) is 0 Å². The van der Waals surface area contributed by atoms with Gasteiger partial charge in [-0.15, -0.1) is 0 Å². The first-order valence-corrected chi connectivity index (χ1v) is 5.05. The van der Waals surface area contributed by atoms with E-state index in [1.165, 1.54) is 31.4 Å². The van der Waals surface area contributed by atoms with Gasteiger partial charge in [-0.25, -0.2) is 0 Å². The highest BCUT2D eigenvalue weighted by atomic mass is 14.8. The lowest BCUT2D eigenvalue weighted by atomic mass is 9.89. The van der Waals surface area contributed by atoms with Gasteiger partial charge in [-0.1, -0.05) is 6.92 Å². The first-order valence-electron chi connectivity index (χ1n) is 5.05. The minimum absolute atomic E-state index is 0.135. The van der Waals surface area contributed by atoms with E-state index in [9.17, 15) is 0 Å². The SMILES string of the molecule is CC1CCC(=NC(C)(C)C)CC1. The van der Waals surface area contributed by atoms with Gasteiger partial charge >= 0.3 is 0 Å². The lowest BCUT2D eigenvalue weighted by Gasteiger charge is -2.22. The average Bonchev–Trinajstić information content (AvgIpc) is 1.91. The Morgan fingerprint density at radius 2 is 1.67 bits per heavy atom. The lowest BCUT2D eigenvalue weighted by molar-refractivity contribution is 0.475. The molecule has 0 heterocycles. The predicted octanol–water partition coefficient (Wildman–Crippen LogP) is 3.44. The summed E-state index contributed by atoms with van der Waals surface area (Å²) < 4.78 is 0. The summed E-state index contributed by atoms with van der Waals surface area (Å²) in [7, 11) is 0. The second-order valence-corrected chi connectivity index (χ2v) is 5.03. The first kappa shape index (κ1) is 9.76. The van der Waals surface area contributed by atoms with Crippen molar-refractivity contribution in [3.63, 3.8) is 0 Å². The van der Waals surface area contributed by atoms with Crippen LogP contribution in [-0.2, 0) is 0 Å². The van der Waals surface area contributed by atoms with Gasteiger partial charge in [0.25, 0.3) is 0 Å². The smallest absolute Gasteiger partial charge is 0.0523 e. The van der Waals surface area contributed by atoms with E-state index in [0.29, 0.717) is 0 Å². The van der Waals surface area contributed by atoms with Gasteiger partial charge in [0.15, 0.2) is 0 Å². The molecule has 0 aromatic heterocycles. The standard InChI is InChI=1S/C11H21N/c1-9-5-7-10(8-6-9)12-11(2,3)4/h9H,5-8H2,1-4H3. The Morgan fingerprint density at radius 3 is 2.08 bits per heavy atom. The van der Waals surface area contributed by atoms with Crippen LogP contribution in [-0.4, -0.2) is 11.3 Å². The van der Waals surface area contributed by atoms with Gasteiger partial charge in [0, 0.05) is 5.71 Å². The Labute approximate surface area is 76.3 Å². The first-order chi connectivity index (χ1) is 5.47. The summed E-state index contributed by atoms with van der Waals surface area (Å²) in [5.74, 6) is 0.920. The van der Waals surface area contributed by atoms with Crippen LogP contribution in [0.4, 0.5) is 0 Å². The number of nitrogens with zero attached hydrogens (tertiary/aromatic N) is 1. The van der Waals surface area contributed by atoms with E-state index in [2.05, 4.69) is 27.7 Å². The fourth-order valence-corrected chi connectivity index (χ4v) is 1.68. The van der Waals surface area contributed by atoms with E-state index < -0.39 is 0 Å². The van der Waals surface area contributed by atoms with Gasteiger partial charge in [0.1, 0.15) is 0 Å². The van der Waals surface area contributed by atoms with E-state index in [-0.39, 0.29) is 5.54 Å². The largest absolute Gasteiger partial charge is 0.288 e. The molecule has 0 aromatic carbocycles. The summed E-state index contributed by atoms with van der Waals surface area (Å²) in [4.78, 5) is 4.72. The van der Waals surface area contributed by atoms with Gasteiger partial charge in [0.05, 0.1) is 5.54 Å². The van der Waals surface area contributed by atoms with E-state index in [0.717, 1.165) is 5.92 Å². The zero-order valence-corrected chi connectivity index (χ0v) is 8.85. The Balaban J connectivity index is 2.49. The second-order valence-electron chi connectivity index (χ2n) is 5.03. The van der Waals surface area contributed by atoms with Crippen LogP contribution in [0.1, 0.15) is 53.4 Å². The molecular formula is C11H21N. The molecule has 1 fully saturated rings. The molecule has 1 saturated carbocycles. The maximum Gasteiger partial charge on any atom is 0.0523 e. The molecule has 0 atom stereocenters. The molecule has 1 heteroatoms. The summed E-state index contributed by atoms with van der Waals surface area (Å²) in [6.07, 6.45) is 5.15. The van der Waals surface area contributed by atoms with Crippen molar-refractivity contribution < 1.29 is 0 Å². The molecule has 0 spiro atoms. The zero-order chi connectivity index (χ0) is 9.19. The molecular weight excluding hydrogens is 146 g/mol.